The summed E-state index contributed by atoms with van der Waals surface area (Å²) in [6.45, 7) is 5.06. The minimum Gasteiger partial charge on any atom is -0.493 e. The summed E-state index contributed by atoms with van der Waals surface area (Å²) >= 11 is 0. The number of nitrogens with one attached hydrogen (secondary N) is 1. The third-order valence-electron chi connectivity index (χ3n) is 4.45. The molecule has 0 amide bonds. The van der Waals surface area contributed by atoms with E-state index in [-0.39, 0.29) is 36.3 Å². The Bertz CT molecular complexity index is 635. The van der Waals surface area contributed by atoms with E-state index in [0.29, 0.717) is 23.8 Å². The third-order valence-corrected chi connectivity index (χ3v) is 4.45. The number of hydrogen-bond donors (Lipinski definition) is 1. The lowest BCUT2D eigenvalue weighted by atomic mass is 10.1. The van der Waals surface area contributed by atoms with E-state index in [2.05, 4.69) is 15.2 Å². The van der Waals surface area contributed by atoms with Crippen LogP contribution in [0.15, 0.2) is 23.2 Å². The SMILES string of the molecule is CCCOc1ccc(CN=C(NCC)N2CCC(COC)C2)c(OC(F)F)c1.I. The van der Waals surface area contributed by atoms with Crippen LogP contribution in [0.1, 0.15) is 32.3 Å². The van der Waals surface area contributed by atoms with Crippen molar-refractivity contribution in [3.8, 4) is 11.5 Å². The van der Waals surface area contributed by atoms with Crippen LogP contribution in [0.25, 0.3) is 0 Å². The molecule has 1 fully saturated rings. The number of ether oxygens (including phenoxy) is 3. The first-order valence-corrected chi connectivity index (χ1v) is 9.80. The number of rotatable bonds is 10. The minimum absolute atomic E-state index is 0. The number of aliphatic imine (C=N–C) groups is 1. The van der Waals surface area contributed by atoms with Crippen molar-refractivity contribution in [3.63, 3.8) is 0 Å². The molecular formula is C20H32F2IN3O3. The molecule has 2 rings (SSSR count). The number of guanidine groups is 1. The fourth-order valence-corrected chi connectivity index (χ4v) is 3.16. The van der Waals surface area contributed by atoms with Crippen molar-refractivity contribution in [1.82, 2.24) is 10.2 Å². The number of alkyl halides is 2. The van der Waals surface area contributed by atoms with Crippen molar-refractivity contribution < 1.29 is 23.0 Å². The Morgan fingerprint density at radius 1 is 1.34 bits per heavy atom. The van der Waals surface area contributed by atoms with E-state index in [4.69, 9.17) is 14.2 Å². The molecule has 0 saturated carbocycles. The van der Waals surface area contributed by atoms with Crippen LogP contribution in [0.5, 0.6) is 11.5 Å². The van der Waals surface area contributed by atoms with Gasteiger partial charge in [0.1, 0.15) is 11.5 Å². The first-order chi connectivity index (χ1) is 13.6. The van der Waals surface area contributed by atoms with Crippen molar-refractivity contribution >= 4 is 29.9 Å². The Kier molecular flexibility index (Phi) is 12.2. The fourth-order valence-electron chi connectivity index (χ4n) is 3.16. The second kappa shape index (κ2) is 13.8. The standard InChI is InChI=1S/C20H31F2N3O3.HI/c1-4-10-27-17-7-6-16(18(11-17)28-19(21)22)12-24-20(23-5-2)25-9-8-15(13-25)14-26-3;/h6-7,11,15,19H,4-5,8-10,12-14H2,1-3H3,(H,23,24);1H. The van der Waals surface area contributed by atoms with Crippen molar-refractivity contribution in [2.45, 2.75) is 39.8 Å². The summed E-state index contributed by atoms with van der Waals surface area (Å²) in [5.74, 6) is 1.86. The van der Waals surface area contributed by atoms with Gasteiger partial charge in [-0.25, -0.2) is 4.99 Å². The zero-order valence-corrected chi connectivity index (χ0v) is 19.7. The maximum atomic E-state index is 12.8. The molecule has 0 radical (unpaired) electrons. The molecule has 1 saturated heterocycles. The van der Waals surface area contributed by atoms with Crippen molar-refractivity contribution in [1.29, 1.82) is 0 Å². The summed E-state index contributed by atoms with van der Waals surface area (Å²) < 4.78 is 41.1. The monoisotopic (exact) mass is 527 g/mol. The van der Waals surface area contributed by atoms with E-state index in [1.807, 2.05) is 13.8 Å². The van der Waals surface area contributed by atoms with Gasteiger partial charge < -0.3 is 24.4 Å². The molecule has 1 heterocycles. The lowest BCUT2D eigenvalue weighted by Gasteiger charge is -2.22. The number of hydrogen-bond acceptors (Lipinski definition) is 4. The summed E-state index contributed by atoms with van der Waals surface area (Å²) in [7, 11) is 1.71. The van der Waals surface area contributed by atoms with E-state index in [1.54, 1.807) is 19.2 Å². The second-order valence-corrected chi connectivity index (χ2v) is 6.72. The van der Waals surface area contributed by atoms with Crippen LogP contribution >= 0.6 is 24.0 Å². The lowest BCUT2D eigenvalue weighted by molar-refractivity contribution is -0.0505. The molecule has 29 heavy (non-hydrogen) atoms. The molecule has 1 aliphatic rings. The number of nitrogens with zero attached hydrogens (tertiary/aromatic N) is 2. The van der Waals surface area contributed by atoms with Crippen LogP contribution in [-0.4, -0.2) is 57.4 Å². The van der Waals surface area contributed by atoms with Gasteiger partial charge in [-0.1, -0.05) is 6.92 Å². The van der Waals surface area contributed by atoms with Crippen LogP contribution in [-0.2, 0) is 11.3 Å². The van der Waals surface area contributed by atoms with Gasteiger partial charge >= 0.3 is 6.61 Å². The van der Waals surface area contributed by atoms with Gasteiger partial charge in [0.2, 0.25) is 0 Å². The Hall–Kier alpha value is -1.36. The second-order valence-electron chi connectivity index (χ2n) is 6.72. The highest BCUT2D eigenvalue weighted by Crippen LogP contribution is 2.27. The van der Waals surface area contributed by atoms with Crippen molar-refractivity contribution in [2.75, 3.05) is 40.0 Å². The Morgan fingerprint density at radius 2 is 2.14 bits per heavy atom. The maximum absolute atomic E-state index is 12.8. The quantitative estimate of drug-likeness (QED) is 0.282. The van der Waals surface area contributed by atoms with Crippen molar-refractivity contribution in [2.24, 2.45) is 10.9 Å². The van der Waals surface area contributed by atoms with E-state index < -0.39 is 6.61 Å². The summed E-state index contributed by atoms with van der Waals surface area (Å²) in [6, 6.07) is 4.99. The number of likely N-dealkylation sites (tertiary alicyclic amines) is 1. The van der Waals surface area contributed by atoms with Crippen molar-refractivity contribution in [3.05, 3.63) is 23.8 Å². The maximum Gasteiger partial charge on any atom is 0.387 e. The highest BCUT2D eigenvalue weighted by atomic mass is 127. The Balaban J connectivity index is 0.00000420. The van der Waals surface area contributed by atoms with Gasteiger partial charge in [-0.2, -0.15) is 8.78 Å². The topological polar surface area (TPSA) is 55.3 Å². The van der Waals surface area contributed by atoms with Gasteiger partial charge in [0.15, 0.2) is 5.96 Å². The van der Waals surface area contributed by atoms with Crippen LogP contribution in [0.3, 0.4) is 0 Å². The molecule has 1 N–H and O–H groups in total. The Labute approximate surface area is 189 Å². The van der Waals surface area contributed by atoms with Gasteiger partial charge in [0, 0.05) is 44.3 Å². The number of benzene rings is 1. The first kappa shape index (κ1) is 25.7. The van der Waals surface area contributed by atoms with E-state index in [9.17, 15) is 8.78 Å². The first-order valence-electron chi connectivity index (χ1n) is 9.80. The highest BCUT2D eigenvalue weighted by molar-refractivity contribution is 14.0. The van der Waals surface area contributed by atoms with Crippen LogP contribution in [0, 0.1) is 5.92 Å². The molecule has 1 unspecified atom stereocenters. The predicted octanol–water partition coefficient (Wildman–Crippen LogP) is 4.13. The molecule has 0 aromatic heterocycles. The third kappa shape index (κ3) is 8.49. The van der Waals surface area contributed by atoms with E-state index in [0.717, 1.165) is 45.0 Å². The van der Waals surface area contributed by atoms with Crippen LogP contribution < -0.4 is 14.8 Å². The van der Waals surface area contributed by atoms with Gasteiger partial charge in [-0.15, -0.1) is 24.0 Å². The van der Waals surface area contributed by atoms with Gasteiger partial charge in [0.05, 0.1) is 19.8 Å². The van der Waals surface area contributed by atoms with E-state index in [1.165, 1.54) is 6.07 Å². The molecule has 1 atom stereocenters. The zero-order chi connectivity index (χ0) is 20.4. The molecule has 0 aliphatic carbocycles. The highest BCUT2D eigenvalue weighted by Gasteiger charge is 2.24. The average molecular weight is 527 g/mol. The Morgan fingerprint density at radius 3 is 2.79 bits per heavy atom. The lowest BCUT2D eigenvalue weighted by Crippen LogP contribution is -2.40. The molecule has 166 valence electrons. The molecule has 6 nitrogen and oxygen atoms in total. The van der Waals surface area contributed by atoms with Gasteiger partial charge in [-0.3, -0.25) is 0 Å². The average Bonchev–Trinajstić information content (AvgIpc) is 3.13. The molecular weight excluding hydrogens is 495 g/mol. The van der Waals surface area contributed by atoms with E-state index >= 15 is 0 Å². The van der Waals surface area contributed by atoms with Gasteiger partial charge in [0.25, 0.3) is 0 Å². The summed E-state index contributed by atoms with van der Waals surface area (Å²) in [6.07, 6.45) is 1.88. The smallest absolute Gasteiger partial charge is 0.387 e. The van der Waals surface area contributed by atoms with Crippen LogP contribution in [0.4, 0.5) is 8.78 Å². The zero-order valence-electron chi connectivity index (χ0n) is 17.3. The fraction of sp³-hybridized carbons (Fsp3) is 0.650. The summed E-state index contributed by atoms with van der Waals surface area (Å²) in [5, 5.41) is 3.28. The normalized spacial score (nSPS) is 16.7. The molecule has 1 aromatic carbocycles. The molecule has 9 heteroatoms. The number of methoxy groups -OCH3 is 1. The molecule has 1 aromatic rings. The minimum atomic E-state index is -2.90. The largest absolute Gasteiger partial charge is 0.493 e. The number of halogens is 3. The summed E-state index contributed by atoms with van der Waals surface area (Å²) in [5.41, 5.74) is 0.590. The molecule has 0 spiro atoms. The molecule has 0 bridgehead atoms. The predicted molar refractivity (Wildman–Crippen MR) is 121 cm³/mol. The summed E-state index contributed by atoms with van der Waals surface area (Å²) in [4.78, 5) is 6.83. The molecule has 1 aliphatic heterocycles. The van der Waals surface area contributed by atoms with Crippen LogP contribution in [0.2, 0.25) is 0 Å². The van der Waals surface area contributed by atoms with Gasteiger partial charge in [-0.05, 0) is 31.9 Å².